The Labute approximate surface area is 97.2 Å². The Balaban J connectivity index is 1.96. The summed E-state index contributed by atoms with van der Waals surface area (Å²) in [6.07, 6.45) is 6.70. The average Bonchev–Trinajstić information content (AvgIpc) is 2.79. The van der Waals surface area contributed by atoms with Gasteiger partial charge in [-0.3, -0.25) is 4.68 Å². The molecule has 16 heavy (non-hydrogen) atoms. The summed E-state index contributed by atoms with van der Waals surface area (Å²) in [5, 5.41) is 7.56. The zero-order valence-corrected chi connectivity index (χ0v) is 10.2. The fourth-order valence-electron chi connectivity index (χ4n) is 1.50. The van der Waals surface area contributed by atoms with E-state index in [2.05, 4.69) is 22.3 Å². The van der Waals surface area contributed by atoms with Gasteiger partial charge < -0.3 is 10.1 Å². The average molecular weight is 226 g/mol. The van der Waals surface area contributed by atoms with E-state index in [-0.39, 0.29) is 0 Å². The van der Waals surface area contributed by atoms with Crippen LogP contribution in [0.2, 0.25) is 0 Å². The molecular weight excluding hydrogens is 204 g/mol. The van der Waals surface area contributed by atoms with Crippen LogP contribution in [0.15, 0.2) is 12.7 Å². The molecule has 92 valence electrons. The first-order valence-corrected chi connectivity index (χ1v) is 5.87. The molecule has 1 rings (SSSR count). The molecule has 5 nitrogen and oxygen atoms in total. The lowest BCUT2D eigenvalue weighted by molar-refractivity contribution is 0.192. The molecule has 1 aromatic heterocycles. The van der Waals surface area contributed by atoms with Gasteiger partial charge in [-0.05, 0) is 32.7 Å². The van der Waals surface area contributed by atoms with E-state index < -0.39 is 0 Å². The summed E-state index contributed by atoms with van der Waals surface area (Å²) in [5.41, 5.74) is 0. The van der Waals surface area contributed by atoms with Crippen molar-refractivity contribution in [3.8, 4) is 0 Å². The molecule has 0 saturated heterocycles. The Morgan fingerprint density at radius 1 is 1.44 bits per heavy atom. The van der Waals surface area contributed by atoms with Crippen molar-refractivity contribution in [1.82, 2.24) is 20.1 Å². The molecule has 0 aliphatic rings. The van der Waals surface area contributed by atoms with Crippen molar-refractivity contribution in [2.75, 3.05) is 20.3 Å². The van der Waals surface area contributed by atoms with Crippen LogP contribution in [0.1, 0.15) is 26.2 Å². The van der Waals surface area contributed by atoms with Crippen LogP contribution in [0.4, 0.5) is 0 Å². The lowest BCUT2D eigenvalue weighted by atomic mass is 10.2. The number of aromatic nitrogens is 3. The Kier molecular flexibility index (Phi) is 6.76. The minimum atomic E-state index is 0.520. The second kappa shape index (κ2) is 8.24. The quantitative estimate of drug-likeness (QED) is 0.640. The first-order chi connectivity index (χ1) is 7.83. The third-order valence-electron chi connectivity index (χ3n) is 2.53. The Hall–Kier alpha value is -0.940. The molecule has 0 aliphatic carbocycles. The smallest absolute Gasteiger partial charge is 0.137 e. The van der Waals surface area contributed by atoms with Gasteiger partial charge >= 0.3 is 0 Å². The summed E-state index contributed by atoms with van der Waals surface area (Å²) in [7, 11) is 1.74. The number of nitrogens with zero attached hydrogens (tertiary/aromatic N) is 3. The topological polar surface area (TPSA) is 52.0 Å². The van der Waals surface area contributed by atoms with Crippen LogP contribution in [0, 0.1) is 0 Å². The molecule has 1 N–H and O–H groups in total. The fraction of sp³-hybridized carbons (Fsp3) is 0.818. The van der Waals surface area contributed by atoms with Gasteiger partial charge in [0, 0.05) is 26.3 Å². The second-order valence-electron chi connectivity index (χ2n) is 4.00. The molecule has 5 heteroatoms. The van der Waals surface area contributed by atoms with Gasteiger partial charge in [-0.15, -0.1) is 0 Å². The summed E-state index contributed by atoms with van der Waals surface area (Å²) in [4.78, 5) is 3.91. The number of unbranched alkanes of at least 4 members (excludes halogenated alkanes) is 1. The molecule has 1 heterocycles. The van der Waals surface area contributed by atoms with Crippen LogP contribution in [0.25, 0.3) is 0 Å². The van der Waals surface area contributed by atoms with Crippen LogP contribution >= 0.6 is 0 Å². The van der Waals surface area contributed by atoms with Crippen molar-refractivity contribution in [3.63, 3.8) is 0 Å². The van der Waals surface area contributed by atoms with Gasteiger partial charge in [0.15, 0.2) is 0 Å². The Bertz CT molecular complexity index is 250. The van der Waals surface area contributed by atoms with Crippen LogP contribution in [0.5, 0.6) is 0 Å². The molecule has 0 amide bonds. The molecule has 0 aromatic carbocycles. The first kappa shape index (κ1) is 13.1. The second-order valence-corrected chi connectivity index (χ2v) is 4.00. The maximum Gasteiger partial charge on any atom is 0.137 e. The Morgan fingerprint density at radius 2 is 2.31 bits per heavy atom. The van der Waals surface area contributed by atoms with Gasteiger partial charge in [0.05, 0.1) is 0 Å². The number of hydrogen-bond acceptors (Lipinski definition) is 4. The van der Waals surface area contributed by atoms with E-state index in [1.54, 1.807) is 19.8 Å². The van der Waals surface area contributed by atoms with Crippen LogP contribution in [-0.4, -0.2) is 41.1 Å². The molecule has 0 radical (unpaired) electrons. The van der Waals surface area contributed by atoms with Crippen LogP contribution in [-0.2, 0) is 11.3 Å². The molecule has 1 unspecified atom stereocenters. The number of aryl methyl sites for hydroxylation is 1. The van der Waals surface area contributed by atoms with Crippen molar-refractivity contribution >= 4 is 0 Å². The highest BCUT2D eigenvalue weighted by atomic mass is 16.5. The van der Waals surface area contributed by atoms with E-state index in [0.717, 1.165) is 32.5 Å². The predicted octanol–water partition coefficient (Wildman–Crippen LogP) is 1.07. The third-order valence-corrected chi connectivity index (χ3v) is 2.53. The van der Waals surface area contributed by atoms with E-state index in [4.69, 9.17) is 4.74 Å². The van der Waals surface area contributed by atoms with Crippen LogP contribution in [0.3, 0.4) is 0 Å². The zero-order valence-electron chi connectivity index (χ0n) is 10.2. The summed E-state index contributed by atoms with van der Waals surface area (Å²) >= 11 is 0. The maximum absolute atomic E-state index is 5.00. The molecule has 0 saturated carbocycles. The van der Waals surface area contributed by atoms with Crippen molar-refractivity contribution in [2.45, 2.75) is 38.8 Å². The normalized spacial score (nSPS) is 12.9. The first-order valence-electron chi connectivity index (χ1n) is 5.87. The Morgan fingerprint density at radius 3 is 3.00 bits per heavy atom. The van der Waals surface area contributed by atoms with Gasteiger partial charge in [0.2, 0.25) is 0 Å². The van der Waals surface area contributed by atoms with Gasteiger partial charge in [-0.25, -0.2) is 4.98 Å². The van der Waals surface area contributed by atoms with Crippen molar-refractivity contribution in [1.29, 1.82) is 0 Å². The van der Waals surface area contributed by atoms with Crippen LogP contribution < -0.4 is 5.32 Å². The van der Waals surface area contributed by atoms with E-state index in [1.165, 1.54) is 6.42 Å². The maximum atomic E-state index is 5.00. The minimum absolute atomic E-state index is 0.520. The molecule has 1 aromatic rings. The van der Waals surface area contributed by atoms with Gasteiger partial charge in [0.25, 0.3) is 0 Å². The number of hydrogen-bond donors (Lipinski definition) is 1. The largest absolute Gasteiger partial charge is 0.385 e. The van der Waals surface area contributed by atoms with Gasteiger partial charge in [-0.2, -0.15) is 5.10 Å². The lowest BCUT2D eigenvalue weighted by Crippen LogP contribution is -2.28. The van der Waals surface area contributed by atoms with Crippen molar-refractivity contribution in [2.24, 2.45) is 0 Å². The number of methoxy groups -OCH3 is 1. The van der Waals surface area contributed by atoms with E-state index >= 15 is 0 Å². The monoisotopic (exact) mass is 226 g/mol. The summed E-state index contributed by atoms with van der Waals surface area (Å²) in [6.45, 7) is 5.04. The predicted molar refractivity (Wildman–Crippen MR) is 63.2 cm³/mol. The number of ether oxygens (including phenoxy) is 1. The van der Waals surface area contributed by atoms with Gasteiger partial charge in [-0.1, -0.05) is 0 Å². The molecular formula is C11H22N4O. The number of nitrogens with one attached hydrogen (secondary N) is 1. The minimum Gasteiger partial charge on any atom is -0.385 e. The summed E-state index contributed by atoms with van der Waals surface area (Å²) < 4.78 is 6.86. The van der Waals surface area contributed by atoms with Crippen molar-refractivity contribution in [3.05, 3.63) is 12.7 Å². The zero-order chi connectivity index (χ0) is 11.6. The third kappa shape index (κ3) is 5.82. The summed E-state index contributed by atoms with van der Waals surface area (Å²) in [5.74, 6) is 0. The molecule has 0 bridgehead atoms. The fourth-order valence-corrected chi connectivity index (χ4v) is 1.50. The summed E-state index contributed by atoms with van der Waals surface area (Å²) in [6, 6.07) is 0.520. The number of rotatable bonds is 9. The molecule has 1 atom stereocenters. The molecule has 0 fully saturated rings. The van der Waals surface area contributed by atoms with Crippen molar-refractivity contribution < 1.29 is 4.74 Å². The highest BCUT2D eigenvalue weighted by Crippen LogP contribution is 1.95. The van der Waals surface area contributed by atoms with E-state index in [0.29, 0.717) is 6.04 Å². The SMILES string of the molecule is COCCCCNC(C)CCn1cncn1. The van der Waals surface area contributed by atoms with Gasteiger partial charge in [0.1, 0.15) is 12.7 Å². The van der Waals surface area contributed by atoms with E-state index in [1.807, 2.05) is 4.68 Å². The standard InChI is InChI=1S/C11H22N4O/c1-11(13-6-3-4-8-16-2)5-7-15-10-12-9-14-15/h9-11,13H,3-8H2,1-2H3. The molecule has 0 aliphatic heterocycles. The highest BCUT2D eigenvalue weighted by molar-refractivity contribution is 4.63. The van der Waals surface area contributed by atoms with E-state index in [9.17, 15) is 0 Å². The molecule has 0 spiro atoms. The lowest BCUT2D eigenvalue weighted by Gasteiger charge is -2.13. The highest BCUT2D eigenvalue weighted by Gasteiger charge is 2.01.